The largest absolute Gasteiger partial charge is 0.465 e. The number of anilines is 2. The van der Waals surface area contributed by atoms with Crippen LogP contribution in [0.25, 0.3) is 11.0 Å². The molecule has 298 valence electrons. The predicted molar refractivity (Wildman–Crippen MR) is 208 cm³/mol. The van der Waals surface area contributed by atoms with E-state index in [1.807, 2.05) is 33.7 Å². The van der Waals surface area contributed by atoms with Gasteiger partial charge in [0.1, 0.15) is 5.82 Å². The number of urea groups is 2. The molecule has 56 heavy (non-hydrogen) atoms. The van der Waals surface area contributed by atoms with E-state index in [2.05, 4.69) is 15.5 Å². The third-order valence-electron chi connectivity index (χ3n) is 11.1. The number of halogens is 4. The van der Waals surface area contributed by atoms with E-state index in [4.69, 9.17) is 27.1 Å². The first-order chi connectivity index (χ1) is 26.9. The number of carbonyl (C=O) groups excluding carboxylic acids is 3. The van der Waals surface area contributed by atoms with Crippen molar-refractivity contribution < 1.29 is 32.3 Å². The van der Waals surface area contributed by atoms with Crippen LogP contribution in [-0.4, -0.2) is 94.7 Å². The van der Waals surface area contributed by atoms with Crippen LogP contribution in [0.1, 0.15) is 71.0 Å². The molecule has 1 aromatic heterocycles. The average molecular weight is 795 g/mol. The minimum absolute atomic E-state index is 0.0781. The maximum Gasteiger partial charge on any atom is 0.418 e. The summed E-state index contributed by atoms with van der Waals surface area (Å²) in [5, 5.41) is 5.88. The SMILES string of the molecule is COC(=O)c1ccc2c(c1)nc(C(Cc1cc(Cl)c(N)c(C(F)(F)F)c1)NC(=O)N1CCC(N3CCc4ccccc4NC3=O)CC1)n2CCCN1CCCC1. The maximum absolute atomic E-state index is 14.2. The summed E-state index contributed by atoms with van der Waals surface area (Å²) in [5.74, 6) is -0.113. The number of methoxy groups -OCH3 is 1. The van der Waals surface area contributed by atoms with Gasteiger partial charge in [0.2, 0.25) is 0 Å². The van der Waals surface area contributed by atoms with Crippen LogP contribution >= 0.6 is 11.6 Å². The number of ether oxygens (including phenoxy) is 1. The Morgan fingerprint density at radius 1 is 1.04 bits per heavy atom. The van der Waals surface area contributed by atoms with Crippen molar-refractivity contribution in [1.82, 2.24) is 29.6 Å². The third-order valence-corrected chi connectivity index (χ3v) is 11.4. The number of benzene rings is 3. The molecule has 0 radical (unpaired) electrons. The number of nitrogens with zero attached hydrogens (tertiary/aromatic N) is 5. The van der Waals surface area contributed by atoms with Crippen molar-refractivity contribution in [2.45, 2.75) is 69.8 Å². The van der Waals surface area contributed by atoms with Crippen LogP contribution in [0.15, 0.2) is 54.6 Å². The van der Waals surface area contributed by atoms with E-state index in [-0.39, 0.29) is 29.1 Å². The van der Waals surface area contributed by atoms with Gasteiger partial charge in [0, 0.05) is 44.3 Å². The molecule has 4 N–H and O–H groups in total. The topological polar surface area (TPSA) is 138 Å². The van der Waals surface area contributed by atoms with Crippen molar-refractivity contribution in [3.63, 3.8) is 0 Å². The van der Waals surface area contributed by atoms with Crippen molar-refractivity contribution in [3.8, 4) is 0 Å². The highest BCUT2D eigenvalue weighted by Gasteiger charge is 2.36. The van der Waals surface area contributed by atoms with Crippen LogP contribution in [0, 0.1) is 0 Å². The summed E-state index contributed by atoms with van der Waals surface area (Å²) in [6.45, 7) is 4.67. The number of aromatic nitrogens is 2. The zero-order valence-electron chi connectivity index (χ0n) is 31.2. The number of nitrogens with one attached hydrogen (secondary N) is 2. The lowest BCUT2D eigenvalue weighted by Crippen LogP contribution is -2.52. The molecule has 0 bridgehead atoms. The third kappa shape index (κ3) is 8.53. The first-order valence-electron chi connectivity index (χ1n) is 19.1. The number of fused-ring (bicyclic) bond motifs is 2. The molecule has 7 rings (SSSR count). The first-order valence-corrected chi connectivity index (χ1v) is 19.4. The van der Waals surface area contributed by atoms with Crippen molar-refractivity contribution in [3.05, 3.63) is 87.7 Å². The number of carbonyl (C=O) groups is 3. The summed E-state index contributed by atoms with van der Waals surface area (Å²) in [6, 6.07) is 13.6. The zero-order chi connectivity index (χ0) is 39.6. The van der Waals surface area contributed by atoms with E-state index < -0.39 is 35.5 Å². The highest BCUT2D eigenvalue weighted by atomic mass is 35.5. The van der Waals surface area contributed by atoms with Crippen LogP contribution in [0.4, 0.5) is 34.1 Å². The summed E-state index contributed by atoms with van der Waals surface area (Å²) < 4.78 is 49.2. The number of imidazole rings is 1. The molecule has 2 saturated heterocycles. The molecule has 3 aliphatic rings. The van der Waals surface area contributed by atoms with Crippen LogP contribution in [0.2, 0.25) is 5.02 Å². The molecular formula is C40H46ClF3N8O4. The molecule has 3 aromatic carbocycles. The van der Waals surface area contributed by atoms with E-state index in [9.17, 15) is 27.6 Å². The monoisotopic (exact) mass is 794 g/mol. The van der Waals surface area contributed by atoms with Crippen molar-refractivity contribution in [2.75, 3.05) is 57.4 Å². The number of hydrogen-bond donors (Lipinski definition) is 3. The summed E-state index contributed by atoms with van der Waals surface area (Å²) in [7, 11) is 1.29. The Morgan fingerprint density at radius 3 is 2.52 bits per heavy atom. The molecule has 0 aliphatic carbocycles. The number of likely N-dealkylation sites (tertiary alicyclic amines) is 2. The van der Waals surface area contributed by atoms with Gasteiger partial charge in [0.05, 0.1) is 46.0 Å². The lowest BCUT2D eigenvalue weighted by atomic mass is 10.0. The van der Waals surface area contributed by atoms with Gasteiger partial charge in [-0.1, -0.05) is 29.8 Å². The summed E-state index contributed by atoms with van der Waals surface area (Å²) in [5.41, 5.74) is 7.70. The molecule has 4 aromatic rings. The molecular weight excluding hydrogens is 749 g/mol. The molecule has 3 aliphatic heterocycles. The summed E-state index contributed by atoms with van der Waals surface area (Å²) >= 11 is 6.27. The van der Waals surface area contributed by atoms with Gasteiger partial charge in [0.15, 0.2) is 0 Å². The van der Waals surface area contributed by atoms with Crippen molar-refractivity contribution in [1.29, 1.82) is 0 Å². The van der Waals surface area contributed by atoms with Crippen LogP contribution in [0.3, 0.4) is 0 Å². The molecule has 0 spiro atoms. The fourth-order valence-corrected chi connectivity index (χ4v) is 8.42. The van der Waals surface area contributed by atoms with E-state index in [0.29, 0.717) is 67.9 Å². The average Bonchev–Trinajstić information content (AvgIpc) is 3.79. The number of nitrogen functional groups attached to an aromatic ring is 1. The van der Waals surface area contributed by atoms with Crippen molar-refractivity contribution >= 4 is 52.0 Å². The Labute approximate surface area is 328 Å². The minimum Gasteiger partial charge on any atom is -0.465 e. The number of aryl methyl sites for hydroxylation is 1. The highest BCUT2D eigenvalue weighted by molar-refractivity contribution is 6.33. The van der Waals surface area contributed by atoms with Crippen LogP contribution < -0.4 is 16.4 Å². The highest BCUT2D eigenvalue weighted by Crippen LogP contribution is 2.39. The van der Waals surface area contributed by atoms with Gasteiger partial charge in [-0.05, 0) is 106 Å². The van der Waals surface area contributed by atoms with Gasteiger partial charge in [-0.3, -0.25) is 0 Å². The Kier molecular flexibility index (Phi) is 11.6. The molecule has 1 atom stereocenters. The lowest BCUT2D eigenvalue weighted by molar-refractivity contribution is -0.137. The Bertz CT molecular complexity index is 2100. The molecule has 4 amide bonds. The van der Waals surface area contributed by atoms with E-state index in [1.54, 1.807) is 23.1 Å². The Hall–Kier alpha value is -5.02. The fraction of sp³-hybridized carbons (Fsp3) is 0.450. The second kappa shape index (κ2) is 16.6. The van der Waals surface area contributed by atoms with Crippen LogP contribution in [-0.2, 0) is 30.3 Å². The van der Waals surface area contributed by atoms with Crippen LogP contribution in [0.5, 0.6) is 0 Å². The molecule has 1 unspecified atom stereocenters. The van der Waals surface area contributed by atoms with E-state index in [1.165, 1.54) is 13.2 Å². The molecule has 2 fully saturated rings. The Morgan fingerprint density at radius 2 is 1.79 bits per heavy atom. The first kappa shape index (κ1) is 39.2. The van der Waals surface area contributed by atoms with Gasteiger partial charge in [-0.25, -0.2) is 19.4 Å². The van der Waals surface area contributed by atoms with Gasteiger partial charge in [0.25, 0.3) is 0 Å². The Balaban J connectivity index is 1.17. The predicted octanol–water partition coefficient (Wildman–Crippen LogP) is 7.11. The minimum atomic E-state index is -4.76. The number of alkyl halides is 3. The molecule has 0 saturated carbocycles. The number of para-hydroxylation sites is 1. The molecule has 12 nitrogen and oxygen atoms in total. The normalized spacial score (nSPS) is 17.4. The molecule has 4 heterocycles. The zero-order valence-corrected chi connectivity index (χ0v) is 32.0. The smallest absolute Gasteiger partial charge is 0.418 e. The maximum atomic E-state index is 14.2. The summed E-state index contributed by atoms with van der Waals surface area (Å²) in [6.07, 6.45) is 0.0153. The lowest BCUT2D eigenvalue weighted by Gasteiger charge is -2.38. The number of nitrogens with two attached hydrogens (primary N) is 1. The number of rotatable bonds is 10. The van der Waals surface area contributed by atoms with Gasteiger partial charge >= 0.3 is 24.2 Å². The number of hydrogen-bond acceptors (Lipinski definition) is 7. The second-order valence-corrected chi connectivity index (χ2v) is 15.1. The number of amides is 4. The van der Waals surface area contributed by atoms with E-state index >= 15 is 0 Å². The standard InChI is InChI=1S/C40H46ClF3N8O4/c1-56-37(53)27-9-10-34-32(24-27)46-36(52(34)17-6-16-49-14-4-5-15-49)33(23-25-21-29(40(42,43)44)35(45)30(41)22-25)48-38(54)50-18-12-28(13-19-50)51-20-11-26-7-2-3-8-31(26)47-39(51)55/h2-3,7-10,21-22,24,28,33H,4-6,11-20,23,45H2,1H3,(H,47,55)(H,48,54). The van der Waals surface area contributed by atoms with Gasteiger partial charge in [-0.15, -0.1) is 0 Å². The van der Waals surface area contributed by atoms with Gasteiger partial charge < -0.3 is 40.4 Å². The number of esters is 1. The second-order valence-electron chi connectivity index (χ2n) is 14.7. The fourth-order valence-electron chi connectivity index (χ4n) is 8.18. The van der Waals surface area contributed by atoms with Gasteiger partial charge in [-0.2, -0.15) is 13.2 Å². The quantitative estimate of drug-likeness (QED) is 0.115. The summed E-state index contributed by atoms with van der Waals surface area (Å²) in [4.78, 5) is 50.7. The molecule has 16 heteroatoms. The van der Waals surface area contributed by atoms with Crippen molar-refractivity contribution in [2.24, 2.45) is 0 Å². The van der Waals surface area contributed by atoms with E-state index in [0.717, 1.165) is 56.2 Å². The number of piperidine rings is 1.